The minimum absolute atomic E-state index is 0.181. The maximum absolute atomic E-state index is 10.8. The maximum Gasteiger partial charge on any atom is 0.321 e. The fraction of sp³-hybridized carbons (Fsp3) is 0.800. The van der Waals surface area contributed by atoms with Gasteiger partial charge in [0.15, 0.2) is 12.6 Å². The van der Waals surface area contributed by atoms with Crippen LogP contribution in [0, 0.1) is 0 Å². The van der Waals surface area contributed by atoms with Crippen molar-refractivity contribution in [1.82, 2.24) is 10.2 Å². The summed E-state index contributed by atoms with van der Waals surface area (Å²) in [6.07, 6.45) is -4.64. The summed E-state index contributed by atoms with van der Waals surface area (Å²) in [4.78, 5) is 22.5. The molecule has 0 aromatic carbocycles. The molecule has 0 aliphatic carbocycles. The van der Waals surface area contributed by atoms with Gasteiger partial charge in [-0.1, -0.05) is 0 Å². The van der Waals surface area contributed by atoms with Crippen molar-refractivity contribution in [3.8, 4) is 0 Å². The number of hydrogen-bond donors (Lipinski definition) is 7. The number of aliphatic hydroxyl groups excluding tert-OH is 2. The average Bonchev–Trinajstić information content (AvgIpc) is 2.29. The first-order valence-corrected chi connectivity index (χ1v) is 5.75. The van der Waals surface area contributed by atoms with Gasteiger partial charge in [-0.05, 0) is 7.05 Å². The van der Waals surface area contributed by atoms with Gasteiger partial charge in [-0.3, -0.25) is 19.8 Å². The van der Waals surface area contributed by atoms with E-state index < -0.39 is 43.0 Å². The number of aliphatic hydroxyl groups is 4. The van der Waals surface area contributed by atoms with E-state index in [0.29, 0.717) is 0 Å². The topological polar surface area (TPSA) is 171 Å². The Hall–Kier alpha value is -1.30. The first-order chi connectivity index (χ1) is 9.15. The smallest absolute Gasteiger partial charge is 0.321 e. The molecule has 0 rings (SSSR count). The Bertz CT molecular complexity index is 322. The number of likely N-dealkylation sites (N-methyl/N-ethyl adjacent to an activating group) is 1. The normalized spacial score (nSPS) is 14.8. The van der Waals surface area contributed by atoms with Crippen molar-refractivity contribution in [3.05, 3.63) is 0 Å². The lowest BCUT2D eigenvalue weighted by Crippen LogP contribution is -2.50. The summed E-state index contributed by atoms with van der Waals surface area (Å²) in [5, 5.41) is 55.6. The third kappa shape index (κ3) is 7.33. The third-order valence-electron chi connectivity index (χ3n) is 2.63. The van der Waals surface area contributed by atoms with E-state index in [1.54, 1.807) is 0 Å². The van der Waals surface area contributed by atoms with Gasteiger partial charge < -0.3 is 30.6 Å². The van der Waals surface area contributed by atoms with Crippen LogP contribution in [-0.2, 0) is 9.59 Å². The van der Waals surface area contributed by atoms with E-state index in [1.807, 2.05) is 0 Å². The zero-order chi connectivity index (χ0) is 15.9. The Labute approximate surface area is 114 Å². The van der Waals surface area contributed by atoms with Gasteiger partial charge in [-0.2, -0.15) is 0 Å². The van der Waals surface area contributed by atoms with Crippen molar-refractivity contribution in [3.63, 3.8) is 0 Å². The van der Waals surface area contributed by atoms with E-state index in [9.17, 15) is 9.59 Å². The van der Waals surface area contributed by atoms with E-state index in [4.69, 9.17) is 30.6 Å². The second-order valence-corrected chi connectivity index (χ2v) is 4.31. The maximum atomic E-state index is 10.8. The van der Waals surface area contributed by atoms with Gasteiger partial charge in [0, 0.05) is 13.1 Å². The highest BCUT2D eigenvalue weighted by Crippen LogP contribution is 2.07. The van der Waals surface area contributed by atoms with Crippen LogP contribution >= 0.6 is 0 Å². The predicted octanol–water partition coefficient (Wildman–Crippen LogP) is -3.23. The molecule has 10 heteroatoms. The lowest BCUT2D eigenvalue weighted by Gasteiger charge is -2.30. The van der Waals surface area contributed by atoms with Crippen molar-refractivity contribution in [2.24, 2.45) is 0 Å². The van der Waals surface area contributed by atoms with Crippen LogP contribution in [-0.4, -0.2) is 85.9 Å². The summed E-state index contributed by atoms with van der Waals surface area (Å²) >= 11 is 0. The minimum atomic E-state index is -1.87. The number of aliphatic carboxylic acids is 2. The molecular weight excluding hydrogens is 276 g/mol. The van der Waals surface area contributed by atoms with Crippen LogP contribution in [0.15, 0.2) is 0 Å². The Kier molecular flexibility index (Phi) is 8.22. The number of hydrogen-bond acceptors (Lipinski definition) is 8. The summed E-state index contributed by atoms with van der Waals surface area (Å²) in [6.45, 7) is -0.181. The molecule has 0 saturated carbocycles. The summed E-state index contributed by atoms with van der Waals surface area (Å²) in [5.41, 5.74) is 0. The lowest BCUT2D eigenvalue weighted by molar-refractivity contribution is -0.147. The van der Waals surface area contributed by atoms with Crippen molar-refractivity contribution in [2.45, 2.75) is 37.5 Å². The van der Waals surface area contributed by atoms with E-state index in [-0.39, 0.29) is 13.1 Å². The highest BCUT2D eigenvalue weighted by Gasteiger charge is 2.26. The van der Waals surface area contributed by atoms with Crippen LogP contribution in [0.3, 0.4) is 0 Å². The predicted molar refractivity (Wildman–Crippen MR) is 64.3 cm³/mol. The molecule has 0 aliphatic rings. The molecule has 2 unspecified atom stereocenters. The van der Waals surface area contributed by atoms with Gasteiger partial charge in [-0.25, -0.2) is 0 Å². The van der Waals surface area contributed by atoms with Gasteiger partial charge in [0.25, 0.3) is 0 Å². The SMILES string of the molecule is CN(CNC(CC(=O)O)C(=O)O)C(CC(O)O)C(O)O. The number of nitrogens with zero attached hydrogens (tertiary/aromatic N) is 1. The Morgan fingerprint density at radius 1 is 1.15 bits per heavy atom. The van der Waals surface area contributed by atoms with Crippen LogP contribution < -0.4 is 5.32 Å². The molecule has 2 atom stereocenters. The molecule has 0 saturated heterocycles. The molecule has 10 nitrogen and oxygen atoms in total. The van der Waals surface area contributed by atoms with Gasteiger partial charge in [0.1, 0.15) is 6.04 Å². The standard InChI is InChI=1S/C10H20N2O8/c1-12(6(10(19)20)3-8(15)16)4-11-5(9(17)18)2-7(13)14/h5-6,8,10-11,15-16,19-20H,2-4H2,1H3,(H,13,14)(H,17,18). The first-order valence-electron chi connectivity index (χ1n) is 5.75. The van der Waals surface area contributed by atoms with Crippen LogP contribution in [0.4, 0.5) is 0 Å². The van der Waals surface area contributed by atoms with Crippen molar-refractivity contribution >= 4 is 11.9 Å². The zero-order valence-corrected chi connectivity index (χ0v) is 10.9. The number of rotatable bonds is 10. The fourth-order valence-electron chi connectivity index (χ4n) is 1.54. The van der Waals surface area contributed by atoms with Crippen LogP contribution in [0.1, 0.15) is 12.8 Å². The summed E-state index contributed by atoms with van der Waals surface area (Å²) in [6, 6.07) is -2.40. The highest BCUT2D eigenvalue weighted by atomic mass is 16.5. The molecule has 0 fully saturated rings. The van der Waals surface area contributed by atoms with E-state index >= 15 is 0 Å². The quantitative estimate of drug-likeness (QED) is 0.203. The lowest BCUT2D eigenvalue weighted by atomic mass is 10.1. The van der Waals surface area contributed by atoms with E-state index in [2.05, 4.69) is 5.32 Å². The molecule has 0 amide bonds. The molecule has 0 heterocycles. The van der Waals surface area contributed by atoms with E-state index in [1.165, 1.54) is 11.9 Å². The van der Waals surface area contributed by atoms with Crippen molar-refractivity contribution in [2.75, 3.05) is 13.7 Å². The molecule has 0 bridgehead atoms. The molecule has 7 N–H and O–H groups in total. The summed E-state index contributed by atoms with van der Waals surface area (Å²) in [5.74, 6) is -2.65. The molecule has 0 spiro atoms. The largest absolute Gasteiger partial charge is 0.481 e. The Morgan fingerprint density at radius 2 is 1.70 bits per heavy atom. The first kappa shape index (κ1) is 18.7. The average molecular weight is 296 g/mol. The minimum Gasteiger partial charge on any atom is -0.481 e. The van der Waals surface area contributed by atoms with Crippen LogP contribution in [0.5, 0.6) is 0 Å². The molecule has 0 aliphatic heterocycles. The molecule has 0 radical (unpaired) electrons. The molecule has 0 aromatic heterocycles. The molecule has 20 heavy (non-hydrogen) atoms. The number of carbonyl (C=O) groups is 2. The highest BCUT2D eigenvalue weighted by molar-refractivity contribution is 5.80. The molecular formula is C10H20N2O8. The molecule has 0 aromatic rings. The second-order valence-electron chi connectivity index (χ2n) is 4.31. The Balaban J connectivity index is 4.50. The number of carboxylic acid groups (broad SMARTS) is 2. The van der Waals surface area contributed by atoms with Crippen LogP contribution in [0.2, 0.25) is 0 Å². The van der Waals surface area contributed by atoms with Crippen molar-refractivity contribution in [1.29, 1.82) is 0 Å². The van der Waals surface area contributed by atoms with Gasteiger partial charge in [0.2, 0.25) is 0 Å². The fourth-order valence-corrected chi connectivity index (χ4v) is 1.54. The number of carboxylic acids is 2. The third-order valence-corrected chi connectivity index (χ3v) is 2.63. The monoisotopic (exact) mass is 296 g/mol. The second kappa shape index (κ2) is 8.79. The van der Waals surface area contributed by atoms with Crippen molar-refractivity contribution < 1.29 is 40.2 Å². The van der Waals surface area contributed by atoms with Crippen LogP contribution in [0.25, 0.3) is 0 Å². The van der Waals surface area contributed by atoms with E-state index in [0.717, 1.165) is 0 Å². The van der Waals surface area contributed by atoms with Gasteiger partial charge in [-0.15, -0.1) is 0 Å². The molecule has 118 valence electrons. The number of nitrogens with one attached hydrogen (secondary N) is 1. The summed E-state index contributed by atoms with van der Waals surface area (Å²) < 4.78 is 0. The van der Waals surface area contributed by atoms with Gasteiger partial charge in [0.05, 0.1) is 12.5 Å². The summed E-state index contributed by atoms with van der Waals surface area (Å²) in [7, 11) is 1.39. The van der Waals surface area contributed by atoms with Gasteiger partial charge >= 0.3 is 11.9 Å². The Morgan fingerprint density at radius 3 is 2.05 bits per heavy atom. The zero-order valence-electron chi connectivity index (χ0n) is 10.9.